The second-order valence-electron chi connectivity index (χ2n) is 5.48. The highest BCUT2D eigenvalue weighted by molar-refractivity contribution is 5.25. The molecule has 2 aliphatic rings. The first-order valence-corrected chi connectivity index (χ1v) is 6.60. The molecular formula is C14H24O. The van der Waals surface area contributed by atoms with Crippen LogP contribution in [-0.4, -0.2) is 10.7 Å². The van der Waals surface area contributed by atoms with Gasteiger partial charge < -0.3 is 5.11 Å². The van der Waals surface area contributed by atoms with E-state index in [1.165, 1.54) is 37.7 Å². The summed E-state index contributed by atoms with van der Waals surface area (Å²) >= 11 is 0. The molecule has 0 saturated heterocycles. The van der Waals surface area contributed by atoms with Gasteiger partial charge in [-0.1, -0.05) is 39.2 Å². The summed E-state index contributed by atoms with van der Waals surface area (Å²) in [7, 11) is 0. The van der Waals surface area contributed by atoms with Crippen molar-refractivity contribution in [2.75, 3.05) is 0 Å². The molecule has 0 bridgehead atoms. The Labute approximate surface area is 93.6 Å². The van der Waals surface area contributed by atoms with E-state index in [2.05, 4.69) is 19.9 Å². The van der Waals surface area contributed by atoms with Gasteiger partial charge in [-0.05, 0) is 43.1 Å². The Hall–Kier alpha value is -0.300. The first-order chi connectivity index (χ1) is 7.17. The summed E-state index contributed by atoms with van der Waals surface area (Å²) in [6.07, 6.45) is 10.4. The summed E-state index contributed by atoms with van der Waals surface area (Å²) in [5.74, 6) is 1.39. The van der Waals surface area contributed by atoms with Gasteiger partial charge in [0.25, 0.3) is 0 Å². The molecule has 1 N–H and O–H groups in total. The molecule has 15 heavy (non-hydrogen) atoms. The van der Waals surface area contributed by atoms with Gasteiger partial charge in [-0.3, -0.25) is 0 Å². The SMILES string of the molecule is CC[C@H]1C(C2(O)CCCCC2)=CC[C@H]1C. The largest absolute Gasteiger partial charge is 0.386 e. The van der Waals surface area contributed by atoms with Crippen LogP contribution in [0, 0.1) is 11.8 Å². The number of allylic oxidation sites excluding steroid dienone is 1. The van der Waals surface area contributed by atoms with Crippen molar-refractivity contribution in [2.45, 2.75) is 64.4 Å². The monoisotopic (exact) mass is 208 g/mol. The maximum atomic E-state index is 10.7. The first-order valence-electron chi connectivity index (χ1n) is 6.60. The van der Waals surface area contributed by atoms with E-state index in [4.69, 9.17) is 0 Å². The van der Waals surface area contributed by atoms with Gasteiger partial charge in [0.05, 0.1) is 5.60 Å². The molecule has 1 saturated carbocycles. The normalized spacial score (nSPS) is 35.3. The maximum Gasteiger partial charge on any atom is 0.0859 e. The lowest BCUT2D eigenvalue weighted by Gasteiger charge is -2.37. The molecule has 0 aromatic carbocycles. The molecule has 0 aliphatic heterocycles. The topological polar surface area (TPSA) is 20.2 Å². The average Bonchev–Trinajstić information content (AvgIpc) is 2.61. The van der Waals surface area contributed by atoms with Gasteiger partial charge in [-0.15, -0.1) is 0 Å². The quantitative estimate of drug-likeness (QED) is 0.686. The third-order valence-electron chi connectivity index (χ3n) is 4.45. The van der Waals surface area contributed by atoms with Crippen molar-refractivity contribution in [3.8, 4) is 0 Å². The molecule has 2 aliphatic carbocycles. The third-order valence-corrected chi connectivity index (χ3v) is 4.45. The van der Waals surface area contributed by atoms with Crippen molar-refractivity contribution < 1.29 is 5.11 Å². The Bertz CT molecular complexity index is 248. The Morgan fingerprint density at radius 3 is 2.60 bits per heavy atom. The Kier molecular flexibility index (Phi) is 3.20. The van der Waals surface area contributed by atoms with Gasteiger partial charge in [0.15, 0.2) is 0 Å². The lowest BCUT2D eigenvalue weighted by Crippen LogP contribution is -2.36. The van der Waals surface area contributed by atoms with Gasteiger partial charge in [0, 0.05) is 0 Å². The van der Waals surface area contributed by atoms with E-state index in [0.717, 1.165) is 18.8 Å². The van der Waals surface area contributed by atoms with E-state index in [1.807, 2.05) is 0 Å². The van der Waals surface area contributed by atoms with E-state index in [1.54, 1.807) is 0 Å². The number of hydrogen-bond donors (Lipinski definition) is 1. The van der Waals surface area contributed by atoms with Gasteiger partial charge in [0.1, 0.15) is 0 Å². The van der Waals surface area contributed by atoms with Crippen LogP contribution in [0.2, 0.25) is 0 Å². The molecule has 2 atom stereocenters. The smallest absolute Gasteiger partial charge is 0.0859 e. The van der Waals surface area contributed by atoms with Crippen LogP contribution >= 0.6 is 0 Å². The molecule has 1 fully saturated rings. The molecule has 0 unspecified atom stereocenters. The number of hydrogen-bond acceptors (Lipinski definition) is 1. The maximum absolute atomic E-state index is 10.7. The van der Waals surface area contributed by atoms with Crippen molar-refractivity contribution in [3.05, 3.63) is 11.6 Å². The van der Waals surface area contributed by atoms with E-state index in [0.29, 0.717) is 5.92 Å². The molecule has 0 aromatic heterocycles. The first kappa shape index (κ1) is 11.2. The zero-order valence-electron chi connectivity index (χ0n) is 10.1. The summed E-state index contributed by atoms with van der Waals surface area (Å²) in [4.78, 5) is 0. The summed E-state index contributed by atoms with van der Waals surface area (Å²) in [6, 6.07) is 0. The molecule has 0 radical (unpaired) electrons. The number of aliphatic hydroxyl groups is 1. The highest BCUT2D eigenvalue weighted by Crippen LogP contribution is 2.45. The number of rotatable bonds is 2. The van der Waals surface area contributed by atoms with Gasteiger partial charge in [0.2, 0.25) is 0 Å². The van der Waals surface area contributed by atoms with Crippen LogP contribution in [0.15, 0.2) is 11.6 Å². The zero-order chi connectivity index (χ0) is 10.9. The van der Waals surface area contributed by atoms with Crippen LogP contribution < -0.4 is 0 Å². The predicted octanol–water partition coefficient (Wildman–Crippen LogP) is 3.67. The molecule has 0 aromatic rings. The Morgan fingerprint density at radius 2 is 2.00 bits per heavy atom. The van der Waals surface area contributed by atoms with Gasteiger partial charge in [-0.2, -0.15) is 0 Å². The van der Waals surface area contributed by atoms with Crippen LogP contribution in [0.4, 0.5) is 0 Å². The molecule has 1 nitrogen and oxygen atoms in total. The molecular weight excluding hydrogens is 184 g/mol. The Morgan fingerprint density at radius 1 is 1.33 bits per heavy atom. The minimum atomic E-state index is -0.427. The van der Waals surface area contributed by atoms with Crippen LogP contribution in [0.3, 0.4) is 0 Å². The summed E-state index contributed by atoms with van der Waals surface area (Å²) in [5.41, 5.74) is 0.959. The van der Waals surface area contributed by atoms with Crippen LogP contribution in [0.1, 0.15) is 58.8 Å². The molecule has 0 amide bonds. The third kappa shape index (κ3) is 1.99. The van der Waals surface area contributed by atoms with Crippen molar-refractivity contribution in [2.24, 2.45) is 11.8 Å². The zero-order valence-corrected chi connectivity index (χ0v) is 10.1. The minimum Gasteiger partial charge on any atom is -0.386 e. The lowest BCUT2D eigenvalue weighted by molar-refractivity contribution is 0.0288. The minimum absolute atomic E-state index is 0.427. The van der Waals surface area contributed by atoms with Crippen molar-refractivity contribution in [1.82, 2.24) is 0 Å². The van der Waals surface area contributed by atoms with Crippen molar-refractivity contribution >= 4 is 0 Å². The van der Waals surface area contributed by atoms with Crippen molar-refractivity contribution in [1.29, 1.82) is 0 Å². The van der Waals surface area contributed by atoms with E-state index < -0.39 is 5.60 Å². The molecule has 86 valence electrons. The summed E-state index contributed by atoms with van der Waals surface area (Å²) in [5, 5.41) is 10.7. The predicted molar refractivity (Wildman–Crippen MR) is 63.7 cm³/mol. The average molecular weight is 208 g/mol. The Balaban J connectivity index is 2.15. The standard InChI is InChI=1S/C14H24O/c1-3-12-11(2)7-8-13(12)14(15)9-5-4-6-10-14/h8,11-12,15H,3-7,9-10H2,1-2H3/t11-,12-/m1/s1. The van der Waals surface area contributed by atoms with Gasteiger partial charge in [-0.25, -0.2) is 0 Å². The van der Waals surface area contributed by atoms with E-state index in [-0.39, 0.29) is 0 Å². The second kappa shape index (κ2) is 4.29. The van der Waals surface area contributed by atoms with E-state index in [9.17, 15) is 5.11 Å². The van der Waals surface area contributed by atoms with Crippen LogP contribution in [0.25, 0.3) is 0 Å². The fourth-order valence-electron chi connectivity index (χ4n) is 3.52. The lowest BCUT2D eigenvalue weighted by atomic mass is 9.74. The molecule has 2 rings (SSSR count). The van der Waals surface area contributed by atoms with E-state index >= 15 is 0 Å². The molecule has 0 spiro atoms. The van der Waals surface area contributed by atoms with Crippen LogP contribution in [0.5, 0.6) is 0 Å². The van der Waals surface area contributed by atoms with Crippen LogP contribution in [-0.2, 0) is 0 Å². The summed E-state index contributed by atoms with van der Waals surface area (Å²) in [6.45, 7) is 4.58. The molecule has 0 heterocycles. The second-order valence-corrected chi connectivity index (χ2v) is 5.48. The fourth-order valence-corrected chi connectivity index (χ4v) is 3.52. The molecule has 1 heteroatoms. The fraction of sp³-hybridized carbons (Fsp3) is 0.857. The summed E-state index contributed by atoms with van der Waals surface area (Å²) < 4.78 is 0. The highest BCUT2D eigenvalue weighted by Gasteiger charge is 2.40. The van der Waals surface area contributed by atoms with Crippen molar-refractivity contribution in [3.63, 3.8) is 0 Å². The highest BCUT2D eigenvalue weighted by atomic mass is 16.3. The van der Waals surface area contributed by atoms with Gasteiger partial charge >= 0.3 is 0 Å².